The van der Waals surface area contributed by atoms with Crippen molar-refractivity contribution in [2.45, 2.75) is 24.0 Å². The molecule has 260 valence electrons. The molecule has 1 aliphatic carbocycles. The Kier molecular flexibility index (Phi) is 7.73. The zero-order chi connectivity index (χ0) is 36.1. The summed E-state index contributed by atoms with van der Waals surface area (Å²) in [5.74, 6) is -2.10. The number of aliphatic hydroxyl groups is 2. The lowest BCUT2D eigenvalue weighted by Crippen LogP contribution is -2.52. The Bertz CT molecular complexity index is 2200. The first-order valence-electron chi connectivity index (χ1n) is 16.6. The third-order valence-electron chi connectivity index (χ3n) is 10.5. The molecule has 1 aliphatic rings. The lowest BCUT2D eigenvalue weighted by Gasteiger charge is -2.49. The van der Waals surface area contributed by atoms with Gasteiger partial charge in [-0.25, -0.2) is 0 Å². The number of fused-ring (bicyclic) bond motifs is 4. The van der Waals surface area contributed by atoms with Crippen molar-refractivity contribution in [1.82, 2.24) is 0 Å². The first kappa shape index (κ1) is 33.2. The number of aromatic hydroxyl groups is 4. The maximum atomic E-state index is 12.4. The molecule has 6 aromatic carbocycles. The zero-order valence-electron chi connectivity index (χ0n) is 29.6. The number of phenolic OH excluding ortho intramolecular Hbond substituents is 4. The highest BCUT2D eigenvalue weighted by atomic mass is 16.3. The lowest BCUT2D eigenvalue weighted by molar-refractivity contribution is -0.0766. The molecular formula is C40H44N4O6. The fraction of sp³-hybridized carbons (Fsp3) is 0.300. The van der Waals surface area contributed by atoms with E-state index in [9.17, 15) is 30.6 Å². The second kappa shape index (κ2) is 11.6. The monoisotopic (exact) mass is 676 g/mol. The van der Waals surface area contributed by atoms with E-state index in [2.05, 4.69) is 0 Å². The van der Waals surface area contributed by atoms with Gasteiger partial charge in [0.1, 0.15) is 23.0 Å². The average Bonchev–Trinajstić information content (AvgIpc) is 3.04. The van der Waals surface area contributed by atoms with Crippen molar-refractivity contribution < 1.29 is 30.6 Å². The second-order valence-corrected chi connectivity index (χ2v) is 14.2. The molecule has 1 saturated carbocycles. The number of anilines is 4. The highest BCUT2D eigenvalue weighted by molar-refractivity contribution is 6.24. The van der Waals surface area contributed by atoms with Crippen LogP contribution in [0.4, 0.5) is 22.7 Å². The molecular weight excluding hydrogens is 632 g/mol. The first-order valence-corrected chi connectivity index (χ1v) is 16.6. The van der Waals surface area contributed by atoms with Gasteiger partial charge in [-0.3, -0.25) is 0 Å². The Morgan fingerprint density at radius 1 is 0.400 bits per heavy atom. The summed E-state index contributed by atoms with van der Waals surface area (Å²) in [5, 5.41) is 75.6. The summed E-state index contributed by atoms with van der Waals surface area (Å²) in [5.41, 5.74) is 4.02. The minimum Gasteiger partial charge on any atom is -0.507 e. The van der Waals surface area contributed by atoms with Gasteiger partial charge in [-0.2, -0.15) is 0 Å². The summed E-state index contributed by atoms with van der Waals surface area (Å²) in [4.78, 5) is 7.79. The number of aliphatic hydroxyl groups excluding tert-OH is 2. The molecule has 0 bridgehead atoms. The van der Waals surface area contributed by atoms with Crippen LogP contribution in [-0.2, 0) is 0 Å². The van der Waals surface area contributed by atoms with Gasteiger partial charge in [-0.15, -0.1) is 0 Å². The van der Waals surface area contributed by atoms with Crippen LogP contribution >= 0.6 is 0 Å². The minimum atomic E-state index is -1.25. The Labute approximate surface area is 290 Å². The maximum Gasteiger partial charge on any atom is 0.123 e. The van der Waals surface area contributed by atoms with Crippen LogP contribution in [0.1, 0.15) is 23.0 Å². The van der Waals surface area contributed by atoms with Gasteiger partial charge >= 0.3 is 0 Å². The van der Waals surface area contributed by atoms with E-state index in [0.717, 1.165) is 22.7 Å². The Morgan fingerprint density at radius 2 is 0.760 bits per heavy atom. The number of nitrogens with zero attached hydrogens (tertiary/aromatic N) is 4. The molecule has 10 nitrogen and oxygen atoms in total. The molecule has 10 heteroatoms. The summed E-state index contributed by atoms with van der Waals surface area (Å²) >= 11 is 0. The summed E-state index contributed by atoms with van der Waals surface area (Å²) in [7, 11) is 15.3. The first-order chi connectivity index (χ1) is 23.7. The maximum absolute atomic E-state index is 12.4. The minimum absolute atomic E-state index is 0.0404. The van der Waals surface area contributed by atoms with E-state index in [-0.39, 0.29) is 23.0 Å². The van der Waals surface area contributed by atoms with Crippen molar-refractivity contribution >= 4 is 65.8 Å². The molecule has 1 fully saturated rings. The van der Waals surface area contributed by atoms with Gasteiger partial charge in [0.2, 0.25) is 0 Å². The van der Waals surface area contributed by atoms with Crippen molar-refractivity contribution in [3.05, 3.63) is 71.8 Å². The topological polar surface area (TPSA) is 134 Å². The number of phenols is 4. The Hall–Kier alpha value is -5.32. The number of benzene rings is 6. The van der Waals surface area contributed by atoms with Gasteiger partial charge in [0, 0.05) is 123 Å². The van der Waals surface area contributed by atoms with Gasteiger partial charge in [0.15, 0.2) is 0 Å². The molecule has 0 amide bonds. The highest BCUT2D eigenvalue weighted by Gasteiger charge is 2.53. The van der Waals surface area contributed by atoms with Crippen LogP contribution in [-0.4, -0.2) is 99.2 Å². The fourth-order valence-electron chi connectivity index (χ4n) is 8.48. The lowest BCUT2D eigenvalue weighted by atomic mass is 9.60. The van der Waals surface area contributed by atoms with Crippen LogP contribution in [0.25, 0.3) is 43.1 Å². The molecule has 6 aromatic rings. The quantitative estimate of drug-likeness (QED) is 0.117. The van der Waals surface area contributed by atoms with E-state index in [4.69, 9.17) is 0 Å². The standard InChI is InChI=1S/C40H44N4O6/c1-41(2)21-15-17-25(47)31-29(21)38(44(7)8)30-22(42(3)4)16-18-26(48)32(30)34(31)36-39(49)35(40(36)50)33-27-19(11-9-13-23(27)45)37(43(5)6)20-12-10-14-24(46)28(20)33/h9-18,35-36,39-40,45-50H,1-8H3. The highest BCUT2D eigenvalue weighted by Crippen LogP contribution is 2.60. The van der Waals surface area contributed by atoms with E-state index in [1.54, 1.807) is 36.4 Å². The normalized spacial score (nSPS) is 18.9. The molecule has 2 atom stereocenters. The number of rotatable bonds is 6. The van der Waals surface area contributed by atoms with Crippen molar-refractivity contribution in [2.24, 2.45) is 0 Å². The summed E-state index contributed by atoms with van der Waals surface area (Å²) in [6.45, 7) is 0. The molecule has 50 heavy (non-hydrogen) atoms. The van der Waals surface area contributed by atoms with Crippen molar-refractivity contribution in [3.63, 3.8) is 0 Å². The summed E-state index contributed by atoms with van der Waals surface area (Å²) in [6, 6.07) is 17.3. The van der Waals surface area contributed by atoms with Crippen LogP contribution < -0.4 is 19.6 Å². The third-order valence-corrected chi connectivity index (χ3v) is 10.5. The average molecular weight is 677 g/mol. The third kappa shape index (κ3) is 4.48. The molecule has 0 radical (unpaired) electrons. The molecule has 0 saturated heterocycles. The van der Waals surface area contributed by atoms with Gasteiger partial charge < -0.3 is 50.2 Å². The predicted octanol–water partition coefficient (Wildman–Crippen LogP) is 5.99. The predicted molar refractivity (Wildman–Crippen MR) is 204 cm³/mol. The summed E-state index contributed by atoms with van der Waals surface area (Å²) < 4.78 is 0. The second-order valence-electron chi connectivity index (χ2n) is 14.2. The SMILES string of the molecule is CN(C)c1c2cccc(O)c2c(C2C(O)C(c3c4c(O)ccc(N(C)C)c4c(N(C)C)c4c(N(C)C)ccc(O)c34)C2O)c2c(O)cccc12. The van der Waals surface area contributed by atoms with Crippen LogP contribution in [0.2, 0.25) is 0 Å². The van der Waals surface area contributed by atoms with Gasteiger partial charge in [-0.1, -0.05) is 24.3 Å². The fourth-order valence-corrected chi connectivity index (χ4v) is 8.48. The van der Waals surface area contributed by atoms with E-state index >= 15 is 0 Å². The zero-order valence-corrected chi connectivity index (χ0v) is 29.6. The van der Waals surface area contributed by atoms with Crippen LogP contribution in [0.3, 0.4) is 0 Å². The van der Waals surface area contributed by atoms with Crippen LogP contribution in [0.15, 0.2) is 60.7 Å². The molecule has 6 N–H and O–H groups in total. The largest absolute Gasteiger partial charge is 0.507 e. The molecule has 0 spiro atoms. The molecule has 7 rings (SSSR count). The van der Waals surface area contributed by atoms with Crippen molar-refractivity contribution in [2.75, 3.05) is 76.0 Å². The number of hydrogen-bond donors (Lipinski definition) is 6. The van der Waals surface area contributed by atoms with Crippen molar-refractivity contribution in [3.8, 4) is 23.0 Å². The van der Waals surface area contributed by atoms with Crippen LogP contribution in [0.5, 0.6) is 23.0 Å². The van der Waals surface area contributed by atoms with Gasteiger partial charge in [-0.05, 0) is 47.5 Å². The molecule has 0 aromatic heterocycles. The van der Waals surface area contributed by atoms with E-state index in [0.29, 0.717) is 54.2 Å². The summed E-state index contributed by atoms with van der Waals surface area (Å²) in [6.07, 6.45) is -2.50. The molecule has 0 aliphatic heterocycles. The Balaban J connectivity index is 1.60. The van der Waals surface area contributed by atoms with Gasteiger partial charge in [0.05, 0.1) is 23.6 Å². The number of hydrogen-bond acceptors (Lipinski definition) is 10. The van der Waals surface area contributed by atoms with Crippen molar-refractivity contribution in [1.29, 1.82) is 0 Å². The van der Waals surface area contributed by atoms with Gasteiger partial charge in [0.25, 0.3) is 0 Å². The van der Waals surface area contributed by atoms with E-state index in [1.807, 2.05) is 100 Å². The van der Waals surface area contributed by atoms with E-state index in [1.165, 1.54) is 0 Å². The van der Waals surface area contributed by atoms with Crippen LogP contribution in [0, 0.1) is 0 Å². The molecule has 2 unspecified atom stereocenters. The van der Waals surface area contributed by atoms with E-state index < -0.39 is 24.0 Å². The molecule has 0 heterocycles. The Morgan fingerprint density at radius 3 is 1.12 bits per heavy atom. The smallest absolute Gasteiger partial charge is 0.123 e.